The Labute approximate surface area is 350 Å². The average molecular weight is 815 g/mol. The largest absolute Gasteiger partial charge is 0.416 e. The third-order valence-electron chi connectivity index (χ3n) is 14.2. The zero-order valence-corrected chi connectivity index (χ0v) is 34.5. The van der Waals surface area contributed by atoms with Gasteiger partial charge in [-0.15, -0.1) is 0 Å². The molecule has 0 atom stereocenters. The van der Waals surface area contributed by atoms with Crippen LogP contribution < -0.4 is 0 Å². The number of alkyl halides is 6. The van der Waals surface area contributed by atoms with Crippen molar-refractivity contribution in [2.45, 2.75) is 70.1 Å². The fourth-order valence-electron chi connectivity index (χ4n) is 11.5. The maximum Gasteiger partial charge on any atom is 0.416 e. The van der Waals surface area contributed by atoms with E-state index in [1.807, 2.05) is 24.3 Å². The molecule has 0 aromatic heterocycles. The van der Waals surface area contributed by atoms with Crippen LogP contribution in [0.25, 0.3) is 77.2 Å². The summed E-state index contributed by atoms with van der Waals surface area (Å²) in [6, 6.07) is 40.3. The van der Waals surface area contributed by atoms with Gasteiger partial charge in [-0.05, 0) is 147 Å². The Bertz CT molecular complexity index is 3210. The summed E-state index contributed by atoms with van der Waals surface area (Å²) in [6.45, 7) is 13.9. The van der Waals surface area contributed by atoms with Crippen molar-refractivity contribution in [3.63, 3.8) is 0 Å². The Balaban J connectivity index is 1.32. The summed E-state index contributed by atoms with van der Waals surface area (Å²) in [7, 11) is 0. The predicted octanol–water partition coefficient (Wildman–Crippen LogP) is 16.3. The molecule has 302 valence electrons. The first-order chi connectivity index (χ1) is 28.8. The highest BCUT2D eigenvalue weighted by Crippen LogP contribution is 2.68. The van der Waals surface area contributed by atoms with Crippen LogP contribution in [0.5, 0.6) is 0 Å². The van der Waals surface area contributed by atoms with Crippen LogP contribution in [0.1, 0.15) is 86.1 Å². The molecule has 11 rings (SSSR count). The van der Waals surface area contributed by atoms with Gasteiger partial charge < -0.3 is 0 Å². The molecule has 0 bridgehead atoms. The molecule has 0 unspecified atom stereocenters. The molecule has 0 aliphatic heterocycles. The number of hydrogen-bond donors (Lipinski definition) is 0. The topological polar surface area (TPSA) is 0 Å². The predicted molar refractivity (Wildman–Crippen MR) is 235 cm³/mol. The van der Waals surface area contributed by atoms with E-state index in [1.54, 1.807) is 0 Å². The van der Waals surface area contributed by atoms with E-state index in [0.717, 1.165) is 68.1 Å². The Hall–Kier alpha value is -6.14. The molecule has 0 heterocycles. The number of fused-ring (bicyclic) bond motifs is 14. The van der Waals surface area contributed by atoms with Gasteiger partial charge in [-0.3, -0.25) is 0 Å². The van der Waals surface area contributed by atoms with E-state index >= 15 is 0 Å². The minimum atomic E-state index is -4.51. The van der Waals surface area contributed by atoms with Crippen molar-refractivity contribution in [2.75, 3.05) is 0 Å². The normalized spacial score (nSPS) is 16.3. The second-order valence-corrected chi connectivity index (χ2v) is 18.6. The van der Waals surface area contributed by atoms with Gasteiger partial charge in [0.1, 0.15) is 0 Å². The van der Waals surface area contributed by atoms with E-state index in [4.69, 9.17) is 0 Å². The second-order valence-electron chi connectivity index (χ2n) is 18.6. The van der Waals surface area contributed by atoms with Crippen molar-refractivity contribution in [2.24, 2.45) is 0 Å². The molecule has 3 aliphatic rings. The van der Waals surface area contributed by atoms with Crippen LogP contribution in [0, 0.1) is 0 Å². The van der Waals surface area contributed by atoms with E-state index in [9.17, 15) is 26.3 Å². The Morgan fingerprint density at radius 3 is 1.08 bits per heavy atom. The third kappa shape index (κ3) is 4.96. The SMILES string of the molecule is CC1(C)c2ccccc2-c2c1c1c(c3c2C(C)(C)c2cc4c(-c5ccc(C(F)(F)F)cc5)c5ccccc5c(-c5ccc(C(F)(F)F)cc5)c4cc2-3)C(C)(C)c2ccccc2-1. The van der Waals surface area contributed by atoms with Gasteiger partial charge in [0.2, 0.25) is 0 Å². The summed E-state index contributed by atoms with van der Waals surface area (Å²) in [5, 5.41) is 3.24. The van der Waals surface area contributed by atoms with Gasteiger partial charge in [-0.2, -0.15) is 26.3 Å². The van der Waals surface area contributed by atoms with Gasteiger partial charge in [-0.25, -0.2) is 0 Å². The van der Waals surface area contributed by atoms with Crippen LogP contribution in [0.2, 0.25) is 0 Å². The maximum atomic E-state index is 14.0. The quantitative estimate of drug-likeness (QED) is 0.120. The summed E-state index contributed by atoms with van der Waals surface area (Å²) in [5.41, 5.74) is 14.8. The van der Waals surface area contributed by atoms with Gasteiger partial charge in [0.15, 0.2) is 0 Å². The first-order valence-corrected chi connectivity index (χ1v) is 20.7. The highest BCUT2D eigenvalue weighted by molar-refractivity contribution is 6.23. The van der Waals surface area contributed by atoms with Crippen molar-refractivity contribution in [1.82, 2.24) is 0 Å². The second kappa shape index (κ2) is 12.0. The molecule has 8 aromatic rings. The van der Waals surface area contributed by atoms with E-state index < -0.39 is 28.9 Å². The minimum Gasteiger partial charge on any atom is -0.166 e. The van der Waals surface area contributed by atoms with Crippen molar-refractivity contribution < 1.29 is 26.3 Å². The molecule has 0 amide bonds. The van der Waals surface area contributed by atoms with Crippen LogP contribution in [0.3, 0.4) is 0 Å². The summed E-state index contributed by atoms with van der Waals surface area (Å²) in [4.78, 5) is 0. The van der Waals surface area contributed by atoms with Gasteiger partial charge in [0.05, 0.1) is 11.1 Å². The molecule has 61 heavy (non-hydrogen) atoms. The van der Waals surface area contributed by atoms with Crippen LogP contribution in [0.4, 0.5) is 26.3 Å². The Morgan fingerprint density at radius 2 is 0.672 bits per heavy atom. The molecule has 3 aliphatic carbocycles. The maximum absolute atomic E-state index is 14.0. The summed E-state index contributed by atoms with van der Waals surface area (Å²) >= 11 is 0. The monoisotopic (exact) mass is 814 g/mol. The fraction of sp³-hybridized carbons (Fsp3) is 0.200. The van der Waals surface area contributed by atoms with Crippen LogP contribution in [-0.4, -0.2) is 0 Å². The number of benzene rings is 8. The van der Waals surface area contributed by atoms with E-state index in [2.05, 4.69) is 102 Å². The van der Waals surface area contributed by atoms with E-state index in [-0.39, 0.29) is 10.8 Å². The van der Waals surface area contributed by atoms with Crippen molar-refractivity contribution in [3.8, 4) is 55.6 Å². The van der Waals surface area contributed by atoms with Crippen molar-refractivity contribution in [1.29, 1.82) is 0 Å². The molecular formula is C55H40F6. The number of halogens is 6. The number of hydrogen-bond acceptors (Lipinski definition) is 0. The molecule has 0 saturated carbocycles. The Morgan fingerprint density at radius 1 is 0.328 bits per heavy atom. The molecule has 0 fully saturated rings. The molecule has 0 N–H and O–H groups in total. The lowest BCUT2D eigenvalue weighted by atomic mass is 9.71. The molecule has 6 heteroatoms. The molecule has 0 saturated heterocycles. The molecular weight excluding hydrogens is 775 g/mol. The minimum absolute atomic E-state index is 0.308. The first kappa shape index (κ1) is 37.8. The van der Waals surface area contributed by atoms with Gasteiger partial charge in [0.25, 0.3) is 0 Å². The average Bonchev–Trinajstić information content (AvgIpc) is 3.71. The zero-order valence-electron chi connectivity index (χ0n) is 34.5. The third-order valence-corrected chi connectivity index (χ3v) is 14.2. The lowest BCUT2D eigenvalue weighted by molar-refractivity contribution is -0.138. The van der Waals surface area contributed by atoms with Crippen molar-refractivity contribution >= 4 is 21.5 Å². The van der Waals surface area contributed by atoms with Gasteiger partial charge in [-0.1, -0.05) is 139 Å². The molecule has 0 radical (unpaired) electrons. The zero-order chi connectivity index (χ0) is 42.8. The summed E-state index contributed by atoms with van der Waals surface area (Å²) in [6.07, 6.45) is -9.02. The molecule has 8 aromatic carbocycles. The fourth-order valence-corrected chi connectivity index (χ4v) is 11.5. The van der Waals surface area contributed by atoms with Gasteiger partial charge in [0, 0.05) is 16.2 Å². The lowest BCUT2D eigenvalue weighted by Gasteiger charge is -2.31. The number of rotatable bonds is 2. The lowest BCUT2D eigenvalue weighted by Crippen LogP contribution is -2.22. The van der Waals surface area contributed by atoms with Crippen LogP contribution in [-0.2, 0) is 28.6 Å². The molecule has 0 spiro atoms. The van der Waals surface area contributed by atoms with Crippen LogP contribution in [0.15, 0.2) is 133 Å². The highest BCUT2D eigenvalue weighted by Gasteiger charge is 2.52. The highest BCUT2D eigenvalue weighted by atomic mass is 19.4. The first-order valence-electron chi connectivity index (χ1n) is 20.7. The Kier molecular flexibility index (Phi) is 7.46. The summed E-state index contributed by atoms with van der Waals surface area (Å²) < 4.78 is 83.7. The van der Waals surface area contributed by atoms with Crippen LogP contribution >= 0.6 is 0 Å². The van der Waals surface area contributed by atoms with Crippen molar-refractivity contribution in [3.05, 3.63) is 178 Å². The van der Waals surface area contributed by atoms with E-state index in [1.165, 1.54) is 79.9 Å². The standard InChI is InChI=1S/C55H40F6/c1-51(2)40-17-11-10-16-36(40)46-48(51)45-35-15-9-12-18-41(35)52(3,4)49(45)47-39-27-37-38(28-42(39)53(5,6)50(46)47)44(30-21-25-32(26-22-30)55(59,60)61)34-14-8-7-13-33(34)43(37)29-19-23-31(24-20-29)54(56,57)58/h7-28H,1-6H3. The van der Waals surface area contributed by atoms with E-state index in [0.29, 0.717) is 11.1 Å². The van der Waals surface area contributed by atoms with Gasteiger partial charge >= 0.3 is 12.4 Å². The summed E-state index contributed by atoms with van der Waals surface area (Å²) in [5.74, 6) is 0. The molecule has 0 nitrogen and oxygen atoms in total. The smallest absolute Gasteiger partial charge is 0.166 e.